The molecule has 0 aliphatic heterocycles. The number of ketones is 1. The van der Waals surface area contributed by atoms with Gasteiger partial charge in [0.2, 0.25) is 0 Å². The lowest BCUT2D eigenvalue weighted by atomic mass is 9.91. The summed E-state index contributed by atoms with van der Waals surface area (Å²) in [4.78, 5) is 14.5. The topological polar surface area (TPSA) is 55.1 Å². The van der Waals surface area contributed by atoms with Gasteiger partial charge in [-0.25, -0.2) is 9.13 Å². The van der Waals surface area contributed by atoms with Crippen molar-refractivity contribution in [2.45, 2.75) is 33.9 Å². The Balaban J connectivity index is 0.00000264. The normalized spacial score (nSPS) is 11.7. The molecule has 0 aliphatic rings. The minimum absolute atomic E-state index is 0. The summed E-state index contributed by atoms with van der Waals surface area (Å²) < 4.78 is 4.02. The average Bonchev–Trinajstić information content (AvgIpc) is 2.68. The molecule has 0 radical (unpaired) electrons. The van der Waals surface area contributed by atoms with Gasteiger partial charge in [-0.05, 0) is 26.2 Å². The smallest absolute Gasteiger partial charge is 0.356 e. The zero-order valence-corrected chi connectivity index (χ0v) is 16.2. The van der Waals surface area contributed by atoms with Gasteiger partial charge in [-0.15, -0.1) is 0 Å². The van der Waals surface area contributed by atoms with Crippen LogP contribution < -0.4 is 27.3 Å². The molecule has 2 N–H and O–H groups in total. The van der Waals surface area contributed by atoms with Crippen molar-refractivity contribution in [3.8, 4) is 0 Å². The third-order valence-corrected chi connectivity index (χ3v) is 3.93. The summed E-state index contributed by atoms with van der Waals surface area (Å²) >= 11 is 0. The standard InChI is InChI=1S/C17H26N4O.BrH/c1-17(2,3)15(22)12-21-14-9-7-6-8-13(14)20(16(21)18)11-10-19(4)5;/h6-9,18H,10-12H2,1-5H3;1H. The SMILES string of the molecule is CN(C)CCn1c(N)[n+](CC(=O)C(C)(C)C)c2ccccc21.[Br-]. The second-order valence-electron chi connectivity index (χ2n) is 7.06. The Hall–Kier alpha value is -1.40. The number of hydrogen-bond donors (Lipinski definition) is 1. The Morgan fingerprint density at radius 2 is 1.87 bits per heavy atom. The zero-order chi connectivity index (χ0) is 16.5. The van der Waals surface area contributed by atoms with Crippen molar-refractivity contribution in [1.29, 1.82) is 0 Å². The van der Waals surface area contributed by atoms with Crippen LogP contribution in [0.15, 0.2) is 24.3 Å². The lowest BCUT2D eigenvalue weighted by molar-refractivity contribution is -0.644. The molecular formula is C17H27BrN4O. The molecule has 6 heteroatoms. The fraction of sp³-hybridized carbons (Fsp3) is 0.529. The average molecular weight is 383 g/mol. The van der Waals surface area contributed by atoms with Crippen LogP contribution in [0.4, 0.5) is 5.95 Å². The molecule has 0 saturated heterocycles. The molecule has 1 heterocycles. The van der Waals surface area contributed by atoms with Crippen LogP contribution in [0.3, 0.4) is 0 Å². The number of carbonyl (C=O) groups is 1. The summed E-state index contributed by atoms with van der Waals surface area (Å²) in [6.07, 6.45) is 0. The summed E-state index contributed by atoms with van der Waals surface area (Å²) in [5.41, 5.74) is 8.06. The van der Waals surface area contributed by atoms with Crippen LogP contribution in [0, 0.1) is 5.41 Å². The molecule has 5 nitrogen and oxygen atoms in total. The number of fused-ring (bicyclic) bond motifs is 1. The monoisotopic (exact) mass is 382 g/mol. The minimum Gasteiger partial charge on any atom is -1.00 e. The van der Waals surface area contributed by atoms with Crippen molar-refractivity contribution >= 4 is 22.8 Å². The summed E-state index contributed by atoms with van der Waals surface area (Å²) in [7, 11) is 4.08. The molecule has 2 rings (SSSR count). The number of imidazole rings is 1. The first-order valence-electron chi connectivity index (χ1n) is 7.66. The van der Waals surface area contributed by atoms with Gasteiger partial charge >= 0.3 is 5.95 Å². The van der Waals surface area contributed by atoms with Crippen LogP contribution in [0.25, 0.3) is 11.0 Å². The van der Waals surface area contributed by atoms with Gasteiger partial charge in [-0.3, -0.25) is 10.5 Å². The highest BCUT2D eigenvalue weighted by Gasteiger charge is 2.27. The van der Waals surface area contributed by atoms with E-state index in [0.29, 0.717) is 12.5 Å². The van der Waals surface area contributed by atoms with E-state index in [1.54, 1.807) is 0 Å². The molecule has 0 unspecified atom stereocenters. The fourth-order valence-electron chi connectivity index (χ4n) is 2.40. The quantitative estimate of drug-likeness (QED) is 0.653. The number of nitrogens with two attached hydrogens (primary N) is 1. The third kappa shape index (κ3) is 4.32. The number of nitrogen functional groups attached to an aromatic ring is 1. The molecule has 0 atom stereocenters. The minimum atomic E-state index is -0.369. The lowest BCUT2D eigenvalue weighted by Crippen LogP contribution is -3.00. The summed E-state index contributed by atoms with van der Waals surface area (Å²) in [5.74, 6) is 0.820. The van der Waals surface area contributed by atoms with E-state index in [1.165, 1.54) is 0 Å². The third-order valence-electron chi connectivity index (χ3n) is 3.93. The van der Waals surface area contributed by atoms with Crippen LogP contribution in [0.5, 0.6) is 0 Å². The molecule has 0 bridgehead atoms. The van der Waals surface area contributed by atoms with Crippen molar-refractivity contribution in [3.63, 3.8) is 0 Å². The van der Waals surface area contributed by atoms with E-state index in [1.807, 2.05) is 57.6 Å². The summed E-state index contributed by atoms with van der Waals surface area (Å²) in [5, 5.41) is 0. The number of halogens is 1. The Labute approximate surface area is 148 Å². The fourth-order valence-corrected chi connectivity index (χ4v) is 2.40. The second-order valence-corrected chi connectivity index (χ2v) is 7.06. The molecular weight excluding hydrogens is 356 g/mol. The number of Topliss-reactive ketones (excluding diaryl/α,β-unsaturated/α-hetero) is 1. The molecule has 0 aliphatic carbocycles. The molecule has 0 spiro atoms. The predicted octanol–water partition coefficient (Wildman–Crippen LogP) is -1.31. The molecule has 128 valence electrons. The maximum absolute atomic E-state index is 12.4. The molecule has 0 fully saturated rings. The largest absolute Gasteiger partial charge is 1.00 e. The highest BCUT2D eigenvalue weighted by molar-refractivity contribution is 5.83. The van der Waals surface area contributed by atoms with Crippen molar-refractivity contribution in [1.82, 2.24) is 9.47 Å². The first-order chi connectivity index (χ1) is 10.2. The van der Waals surface area contributed by atoms with Crippen molar-refractivity contribution in [3.05, 3.63) is 24.3 Å². The van der Waals surface area contributed by atoms with Gasteiger partial charge in [0.05, 0.1) is 6.54 Å². The number of benzene rings is 1. The molecule has 2 aromatic rings. The summed E-state index contributed by atoms with van der Waals surface area (Å²) in [6.45, 7) is 7.84. The second kappa shape index (κ2) is 7.45. The Morgan fingerprint density at radius 3 is 2.43 bits per heavy atom. The van der Waals surface area contributed by atoms with E-state index in [0.717, 1.165) is 24.1 Å². The predicted molar refractivity (Wildman–Crippen MR) is 89.6 cm³/mol. The summed E-state index contributed by atoms with van der Waals surface area (Å²) in [6, 6.07) is 8.06. The van der Waals surface area contributed by atoms with Gasteiger partial charge in [-0.2, -0.15) is 0 Å². The van der Waals surface area contributed by atoms with Crippen molar-refractivity contribution in [2.75, 3.05) is 26.4 Å². The number of rotatable bonds is 5. The number of para-hydroxylation sites is 2. The van der Waals surface area contributed by atoms with Crippen LogP contribution in [0.1, 0.15) is 20.8 Å². The lowest BCUT2D eigenvalue weighted by Gasteiger charge is -2.15. The molecule has 0 saturated carbocycles. The molecule has 1 aromatic carbocycles. The van der Waals surface area contributed by atoms with E-state index in [9.17, 15) is 4.79 Å². The van der Waals surface area contributed by atoms with Gasteiger partial charge in [0, 0.05) is 12.0 Å². The number of hydrogen-bond acceptors (Lipinski definition) is 3. The van der Waals surface area contributed by atoms with Gasteiger partial charge in [-0.1, -0.05) is 32.9 Å². The van der Waals surface area contributed by atoms with Gasteiger partial charge in [0.15, 0.2) is 5.78 Å². The number of carbonyl (C=O) groups excluding carboxylic acids is 1. The number of nitrogens with zero attached hydrogens (tertiary/aromatic N) is 3. The van der Waals surface area contributed by atoms with E-state index >= 15 is 0 Å². The van der Waals surface area contributed by atoms with Gasteiger partial charge in [0.25, 0.3) is 0 Å². The van der Waals surface area contributed by atoms with E-state index in [2.05, 4.69) is 15.5 Å². The molecule has 1 aromatic heterocycles. The van der Waals surface area contributed by atoms with E-state index in [-0.39, 0.29) is 28.2 Å². The van der Waals surface area contributed by atoms with Crippen LogP contribution >= 0.6 is 0 Å². The number of aromatic nitrogens is 2. The zero-order valence-electron chi connectivity index (χ0n) is 14.6. The number of anilines is 1. The Kier molecular flexibility index (Phi) is 6.36. The highest BCUT2D eigenvalue weighted by Crippen LogP contribution is 2.19. The number of likely N-dealkylation sites (N-methyl/N-ethyl adjacent to an activating group) is 1. The van der Waals surface area contributed by atoms with Crippen molar-refractivity contribution in [2.24, 2.45) is 5.41 Å². The molecule has 0 amide bonds. The van der Waals surface area contributed by atoms with Crippen LogP contribution in [-0.2, 0) is 17.9 Å². The highest BCUT2D eigenvalue weighted by atomic mass is 79.9. The molecule has 23 heavy (non-hydrogen) atoms. The van der Waals surface area contributed by atoms with Gasteiger partial charge < -0.3 is 21.9 Å². The van der Waals surface area contributed by atoms with Crippen molar-refractivity contribution < 1.29 is 26.3 Å². The van der Waals surface area contributed by atoms with Gasteiger partial charge in [0.1, 0.15) is 17.6 Å². The maximum Gasteiger partial charge on any atom is 0.356 e. The van der Waals surface area contributed by atoms with Crippen LogP contribution in [-0.4, -0.2) is 35.9 Å². The first kappa shape index (κ1) is 19.6. The Bertz CT molecular complexity index is 686. The Morgan fingerprint density at radius 1 is 1.26 bits per heavy atom. The first-order valence-corrected chi connectivity index (χ1v) is 7.66. The maximum atomic E-state index is 12.4. The van der Waals surface area contributed by atoms with E-state index < -0.39 is 0 Å². The van der Waals surface area contributed by atoms with Crippen LogP contribution in [0.2, 0.25) is 0 Å². The van der Waals surface area contributed by atoms with E-state index in [4.69, 9.17) is 5.73 Å².